The molecule has 1 aliphatic heterocycles. The number of halogens is 2. The molecule has 0 spiro atoms. The van der Waals surface area contributed by atoms with Gasteiger partial charge in [0, 0.05) is 41.8 Å². The van der Waals surface area contributed by atoms with Crippen molar-refractivity contribution in [2.45, 2.75) is 0 Å². The molecule has 2 aromatic rings. The Balaban J connectivity index is 1.81. The minimum absolute atomic E-state index is 0.221. The summed E-state index contributed by atoms with van der Waals surface area (Å²) in [5.41, 5.74) is 2.27. The van der Waals surface area contributed by atoms with E-state index in [4.69, 9.17) is 23.2 Å². The second-order valence-electron chi connectivity index (χ2n) is 5.92. The molecule has 24 heavy (non-hydrogen) atoms. The molecule has 1 N–H and O–H groups in total. The molecule has 3 rings (SSSR count). The number of benzene rings is 2. The number of nitrogens with one attached hydrogen (secondary N) is 1. The lowest BCUT2D eigenvalue weighted by atomic mass is 10.1. The third-order valence-electron chi connectivity index (χ3n) is 4.12. The first-order valence-electron chi connectivity index (χ1n) is 7.83. The van der Waals surface area contributed by atoms with Crippen LogP contribution in [0.5, 0.6) is 0 Å². The number of carbonyl (C=O) groups excluding carboxylic acids is 1. The van der Waals surface area contributed by atoms with E-state index in [0.717, 1.165) is 37.6 Å². The van der Waals surface area contributed by atoms with Crippen LogP contribution in [0.2, 0.25) is 10.0 Å². The van der Waals surface area contributed by atoms with E-state index < -0.39 is 0 Å². The molecule has 0 radical (unpaired) electrons. The van der Waals surface area contributed by atoms with E-state index in [-0.39, 0.29) is 5.91 Å². The van der Waals surface area contributed by atoms with Crippen LogP contribution >= 0.6 is 23.2 Å². The van der Waals surface area contributed by atoms with Crippen LogP contribution < -0.4 is 10.2 Å². The van der Waals surface area contributed by atoms with Gasteiger partial charge in [-0.25, -0.2) is 0 Å². The largest absolute Gasteiger partial charge is 0.367 e. The average molecular weight is 364 g/mol. The van der Waals surface area contributed by atoms with Gasteiger partial charge in [0.2, 0.25) is 0 Å². The highest BCUT2D eigenvalue weighted by Gasteiger charge is 2.18. The van der Waals surface area contributed by atoms with Gasteiger partial charge in [-0.2, -0.15) is 0 Å². The van der Waals surface area contributed by atoms with E-state index in [1.807, 2.05) is 24.3 Å². The standard InChI is InChI=1S/C18H19Cl2N3O/c1-22-6-8-23(9-7-22)17-5-3-2-4-16(17)21-18(24)13-10-14(19)12-15(20)11-13/h2-5,10-12H,6-9H2,1H3,(H,21,24). The number of anilines is 2. The third kappa shape index (κ3) is 4.01. The Morgan fingerprint density at radius 1 is 1.00 bits per heavy atom. The van der Waals surface area contributed by atoms with Crippen molar-refractivity contribution in [2.24, 2.45) is 0 Å². The summed E-state index contributed by atoms with van der Waals surface area (Å²) in [7, 11) is 2.12. The topological polar surface area (TPSA) is 35.6 Å². The van der Waals surface area contributed by atoms with Gasteiger partial charge in [0.1, 0.15) is 0 Å². The van der Waals surface area contributed by atoms with Gasteiger partial charge < -0.3 is 15.1 Å². The minimum Gasteiger partial charge on any atom is -0.367 e. The van der Waals surface area contributed by atoms with Gasteiger partial charge in [-0.05, 0) is 37.4 Å². The lowest BCUT2D eigenvalue weighted by Gasteiger charge is -2.35. The fourth-order valence-corrected chi connectivity index (χ4v) is 3.31. The van der Waals surface area contributed by atoms with E-state index in [2.05, 4.69) is 22.2 Å². The van der Waals surface area contributed by atoms with Crippen molar-refractivity contribution in [3.05, 3.63) is 58.1 Å². The molecule has 6 heteroatoms. The summed E-state index contributed by atoms with van der Waals surface area (Å²) in [6, 6.07) is 12.7. The van der Waals surface area contributed by atoms with E-state index in [0.29, 0.717) is 15.6 Å². The summed E-state index contributed by atoms with van der Waals surface area (Å²) in [6.45, 7) is 3.89. The summed E-state index contributed by atoms with van der Waals surface area (Å²) in [6.07, 6.45) is 0. The minimum atomic E-state index is -0.221. The molecular weight excluding hydrogens is 345 g/mol. The van der Waals surface area contributed by atoms with Crippen molar-refractivity contribution in [1.29, 1.82) is 0 Å². The zero-order chi connectivity index (χ0) is 17.1. The molecule has 1 aliphatic rings. The van der Waals surface area contributed by atoms with E-state index >= 15 is 0 Å². The molecule has 0 aromatic heterocycles. The second kappa shape index (κ2) is 7.43. The Morgan fingerprint density at radius 2 is 1.62 bits per heavy atom. The van der Waals surface area contributed by atoms with Crippen LogP contribution in [0.15, 0.2) is 42.5 Å². The molecule has 126 valence electrons. The highest BCUT2D eigenvalue weighted by Crippen LogP contribution is 2.27. The van der Waals surface area contributed by atoms with Crippen LogP contribution in [0.3, 0.4) is 0 Å². The second-order valence-corrected chi connectivity index (χ2v) is 6.79. The van der Waals surface area contributed by atoms with Gasteiger partial charge >= 0.3 is 0 Å². The Kier molecular flexibility index (Phi) is 5.29. The molecule has 1 amide bonds. The van der Waals surface area contributed by atoms with Crippen molar-refractivity contribution in [2.75, 3.05) is 43.4 Å². The quantitative estimate of drug-likeness (QED) is 0.894. The van der Waals surface area contributed by atoms with Crippen LogP contribution in [0.1, 0.15) is 10.4 Å². The van der Waals surface area contributed by atoms with Gasteiger partial charge in [0.05, 0.1) is 11.4 Å². The van der Waals surface area contributed by atoms with Crippen LogP contribution in [0.4, 0.5) is 11.4 Å². The van der Waals surface area contributed by atoms with E-state index in [1.165, 1.54) is 0 Å². The summed E-state index contributed by atoms with van der Waals surface area (Å²) in [4.78, 5) is 17.1. The Labute approximate surface area is 152 Å². The zero-order valence-electron chi connectivity index (χ0n) is 13.4. The predicted molar refractivity (Wildman–Crippen MR) is 101 cm³/mol. The summed E-state index contributed by atoms with van der Waals surface area (Å²) in [5.74, 6) is -0.221. The maximum absolute atomic E-state index is 12.6. The zero-order valence-corrected chi connectivity index (χ0v) is 14.9. The van der Waals surface area contributed by atoms with Crippen molar-refractivity contribution < 1.29 is 4.79 Å². The molecule has 0 unspecified atom stereocenters. The number of hydrogen-bond donors (Lipinski definition) is 1. The van der Waals surface area contributed by atoms with Gasteiger partial charge in [-0.1, -0.05) is 35.3 Å². The summed E-state index contributed by atoms with van der Waals surface area (Å²) < 4.78 is 0. The lowest BCUT2D eigenvalue weighted by Crippen LogP contribution is -2.44. The summed E-state index contributed by atoms with van der Waals surface area (Å²) in [5, 5.41) is 3.87. The average Bonchev–Trinajstić information content (AvgIpc) is 2.55. The SMILES string of the molecule is CN1CCN(c2ccccc2NC(=O)c2cc(Cl)cc(Cl)c2)CC1. The first kappa shape index (κ1) is 17.1. The molecule has 1 saturated heterocycles. The maximum atomic E-state index is 12.6. The van der Waals surface area contributed by atoms with Crippen molar-refractivity contribution in [3.8, 4) is 0 Å². The van der Waals surface area contributed by atoms with Crippen molar-refractivity contribution in [1.82, 2.24) is 4.90 Å². The van der Waals surface area contributed by atoms with Gasteiger partial charge in [-0.3, -0.25) is 4.79 Å². The Bertz CT molecular complexity index is 723. The van der Waals surface area contributed by atoms with Crippen LogP contribution in [0, 0.1) is 0 Å². The first-order valence-corrected chi connectivity index (χ1v) is 8.58. The molecular formula is C18H19Cl2N3O. The molecule has 0 bridgehead atoms. The fourth-order valence-electron chi connectivity index (χ4n) is 2.78. The number of hydrogen-bond acceptors (Lipinski definition) is 3. The van der Waals surface area contributed by atoms with E-state index in [9.17, 15) is 4.79 Å². The van der Waals surface area contributed by atoms with Gasteiger partial charge in [0.25, 0.3) is 5.91 Å². The van der Waals surface area contributed by atoms with Crippen molar-refractivity contribution in [3.63, 3.8) is 0 Å². The van der Waals surface area contributed by atoms with Crippen LogP contribution in [-0.4, -0.2) is 44.0 Å². The number of amides is 1. The smallest absolute Gasteiger partial charge is 0.255 e. The summed E-state index contributed by atoms with van der Waals surface area (Å²) >= 11 is 12.0. The predicted octanol–water partition coefficient (Wildman–Crippen LogP) is 4.00. The Hall–Kier alpha value is -1.75. The number of likely N-dealkylation sites (N-methyl/N-ethyl adjacent to an activating group) is 1. The monoisotopic (exact) mass is 363 g/mol. The van der Waals surface area contributed by atoms with E-state index in [1.54, 1.807) is 18.2 Å². The molecule has 0 atom stereocenters. The molecule has 0 saturated carbocycles. The number of rotatable bonds is 3. The number of para-hydroxylation sites is 2. The molecule has 0 aliphatic carbocycles. The number of nitrogens with zero attached hydrogens (tertiary/aromatic N) is 2. The van der Waals surface area contributed by atoms with Crippen molar-refractivity contribution >= 4 is 40.5 Å². The first-order chi connectivity index (χ1) is 11.5. The highest BCUT2D eigenvalue weighted by atomic mass is 35.5. The number of carbonyl (C=O) groups is 1. The number of piperazine rings is 1. The van der Waals surface area contributed by atoms with Gasteiger partial charge in [0.15, 0.2) is 0 Å². The third-order valence-corrected chi connectivity index (χ3v) is 4.56. The van der Waals surface area contributed by atoms with Crippen LogP contribution in [-0.2, 0) is 0 Å². The molecule has 1 heterocycles. The van der Waals surface area contributed by atoms with Crippen LogP contribution in [0.25, 0.3) is 0 Å². The highest BCUT2D eigenvalue weighted by molar-refractivity contribution is 6.35. The maximum Gasteiger partial charge on any atom is 0.255 e. The van der Waals surface area contributed by atoms with Gasteiger partial charge in [-0.15, -0.1) is 0 Å². The molecule has 4 nitrogen and oxygen atoms in total. The lowest BCUT2D eigenvalue weighted by molar-refractivity contribution is 0.102. The normalized spacial score (nSPS) is 15.4. The molecule has 2 aromatic carbocycles. The fraction of sp³-hybridized carbons (Fsp3) is 0.278. The Morgan fingerprint density at radius 3 is 2.29 bits per heavy atom. The molecule has 1 fully saturated rings.